The quantitative estimate of drug-likeness (QED) is 0.722. The molecule has 2 aromatic carbocycles. The number of rotatable bonds is 2. The Morgan fingerprint density at radius 3 is 2.32 bits per heavy atom. The maximum absolute atomic E-state index is 13.6. The molecule has 180 valence electrons. The van der Waals surface area contributed by atoms with Gasteiger partial charge in [0.2, 0.25) is 0 Å². The van der Waals surface area contributed by atoms with Gasteiger partial charge in [-0.3, -0.25) is 9.69 Å². The van der Waals surface area contributed by atoms with Crippen LogP contribution in [0.1, 0.15) is 37.6 Å². The molecule has 0 spiro atoms. The molecule has 1 N–H and O–H groups in total. The normalized spacial score (nSPS) is 17.9. The second-order valence-electron chi connectivity index (χ2n) is 9.47. The molecule has 0 aromatic heterocycles. The fourth-order valence-electron chi connectivity index (χ4n) is 4.18. The van der Waals surface area contributed by atoms with Crippen molar-refractivity contribution in [3.63, 3.8) is 0 Å². The SMILES string of the molecule is CC(C)(C)OC(=O)N1CC[C@@H](NC(=O)N2CCN(C(=O)c3cccc(F)c3)c3ccccc32)C1. The summed E-state index contributed by atoms with van der Waals surface area (Å²) in [6.07, 6.45) is 0.240. The fourth-order valence-corrected chi connectivity index (χ4v) is 4.18. The molecule has 9 heteroatoms. The second kappa shape index (κ2) is 9.32. The summed E-state index contributed by atoms with van der Waals surface area (Å²) in [6.45, 7) is 6.89. The van der Waals surface area contributed by atoms with Crippen molar-refractivity contribution in [1.82, 2.24) is 10.2 Å². The van der Waals surface area contributed by atoms with Crippen molar-refractivity contribution in [3.8, 4) is 0 Å². The van der Waals surface area contributed by atoms with E-state index in [4.69, 9.17) is 4.74 Å². The van der Waals surface area contributed by atoms with E-state index >= 15 is 0 Å². The second-order valence-corrected chi connectivity index (χ2v) is 9.47. The molecule has 2 aliphatic rings. The molecule has 0 bridgehead atoms. The van der Waals surface area contributed by atoms with Crippen molar-refractivity contribution in [2.75, 3.05) is 36.0 Å². The third kappa shape index (κ3) is 5.13. The van der Waals surface area contributed by atoms with Crippen LogP contribution in [-0.4, -0.2) is 60.8 Å². The highest BCUT2D eigenvalue weighted by Gasteiger charge is 2.34. The summed E-state index contributed by atoms with van der Waals surface area (Å²) in [7, 11) is 0. The molecular formula is C25H29FN4O4. The summed E-state index contributed by atoms with van der Waals surface area (Å²) in [4.78, 5) is 43.3. The van der Waals surface area contributed by atoms with Crippen molar-refractivity contribution in [2.24, 2.45) is 0 Å². The van der Waals surface area contributed by atoms with Gasteiger partial charge in [0.1, 0.15) is 11.4 Å². The number of urea groups is 1. The van der Waals surface area contributed by atoms with Crippen molar-refractivity contribution in [3.05, 3.63) is 59.9 Å². The van der Waals surface area contributed by atoms with Gasteiger partial charge in [-0.1, -0.05) is 18.2 Å². The molecule has 34 heavy (non-hydrogen) atoms. The summed E-state index contributed by atoms with van der Waals surface area (Å²) >= 11 is 0. The van der Waals surface area contributed by atoms with Gasteiger partial charge >= 0.3 is 12.1 Å². The first-order valence-electron chi connectivity index (χ1n) is 11.3. The molecule has 0 aliphatic carbocycles. The number of anilines is 2. The lowest BCUT2D eigenvalue weighted by Crippen LogP contribution is -2.52. The first-order valence-corrected chi connectivity index (χ1v) is 11.3. The predicted molar refractivity (Wildman–Crippen MR) is 127 cm³/mol. The highest BCUT2D eigenvalue weighted by Crippen LogP contribution is 2.34. The lowest BCUT2D eigenvalue weighted by molar-refractivity contribution is 0.0291. The van der Waals surface area contributed by atoms with E-state index in [2.05, 4.69) is 5.32 Å². The number of ether oxygens (including phenoxy) is 1. The van der Waals surface area contributed by atoms with Crippen LogP contribution in [0.4, 0.5) is 25.4 Å². The van der Waals surface area contributed by atoms with Crippen molar-refractivity contribution in [2.45, 2.75) is 38.8 Å². The minimum Gasteiger partial charge on any atom is -0.444 e. The van der Waals surface area contributed by atoms with Gasteiger partial charge in [0.15, 0.2) is 0 Å². The largest absolute Gasteiger partial charge is 0.444 e. The summed E-state index contributed by atoms with van der Waals surface area (Å²) < 4.78 is 19.1. The fraction of sp³-hybridized carbons (Fsp3) is 0.400. The third-order valence-corrected chi connectivity index (χ3v) is 5.74. The molecule has 2 aliphatic heterocycles. The van der Waals surface area contributed by atoms with Crippen molar-refractivity contribution >= 4 is 29.4 Å². The molecule has 4 rings (SSSR count). The van der Waals surface area contributed by atoms with E-state index in [-0.39, 0.29) is 42.7 Å². The first kappa shape index (κ1) is 23.5. The van der Waals surface area contributed by atoms with Crippen LogP contribution in [0.15, 0.2) is 48.5 Å². The Morgan fingerprint density at radius 2 is 1.65 bits per heavy atom. The molecule has 4 amide bonds. The third-order valence-electron chi connectivity index (χ3n) is 5.74. The van der Waals surface area contributed by atoms with Crippen molar-refractivity contribution < 1.29 is 23.5 Å². The summed E-state index contributed by atoms with van der Waals surface area (Å²) in [5.41, 5.74) is 0.851. The van der Waals surface area contributed by atoms with Gasteiger partial charge in [0.25, 0.3) is 5.91 Å². The number of carbonyl (C=O) groups is 3. The maximum Gasteiger partial charge on any atom is 0.410 e. The highest BCUT2D eigenvalue weighted by molar-refractivity contribution is 6.10. The van der Waals surface area contributed by atoms with Crippen LogP contribution >= 0.6 is 0 Å². The summed E-state index contributed by atoms with van der Waals surface area (Å²) in [6, 6.07) is 12.2. The van der Waals surface area contributed by atoms with Gasteiger partial charge in [0, 0.05) is 31.7 Å². The standard InChI is InChI=1S/C25H29FN4O4/c1-25(2,3)34-24(33)28-12-11-19(16-28)27-23(32)30-14-13-29(20-9-4-5-10-21(20)30)22(31)17-7-6-8-18(26)15-17/h4-10,15,19H,11-14,16H2,1-3H3,(H,27,32)/t19-/m1/s1. The number of nitrogens with one attached hydrogen (secondary N) is 1. The van der Waals surface area contributed by atoms with E-state index in [0.29, 0.717) is 30.9 Å². The maximum atomic E-state index is 13.6. The topological polar surface area (TPSA) is 82.2 Å². The smallest absolute Gasteiger partial charge is 0.410 e. The zero-order chi connectivity index (χ0) is 24.5. The van der Waals surface area contributed by atoms with Crippen LogP contribution < -0.4 is 15.1 Å². The molecule has 0 unspecified atom stereocenters. The Kier molecular flexibility index (Phi) is 6.45. The molecule has 1 atom stereocenters. The van der Waals surface area contributed by atoms with Crippen LogP contribution in [0.5, 0.6) is 0 Å². The summed E-state index contributed by atoms with van der Waals surface area (Å²) in [5, 5.41) is 3.00. The van der Waals surface area contributed by atoms with Gasteiger partial charge in [-0.2, -0.15) is 0 Å². The van der Waals surface area contributed by atoms with Gasteiger partial charge < -0.3 is 19.9 Å². The molecular weight excluding hydrogens is 439 g/mol. The zero-order valence-electron chi connectivity index (χ0n) is 19.6. The minimum absolute atomic E-state index is 0.195. The van der Waals surface area contributed by atoms with E-state index in [9.17, 15) is 18.8 Å². The predicted octanol–water partition coefficient (Wildman–Crippen LogP) is 4.01. The van der Waals surface area contributed by atoms with E-state index in [1.165, 1.54) is 18.2 Å². The summed E-state index contributed by atoms with van der Waals surface area (Å²) in [5.74, 6) is -0.801. The minimum atomic E-state index is -0.579. The molecule has 8 nitrogen and oxygen atoms in total. The zero-order valence-corrected chi connectivity index (χ0v) is 19.6. The number of benzene rings is 2. The number of hydrogen-bond acceptors (Lipinski definition) is 4. The molecule has 2 heterocycles. The van der Waals surface area contributed by atoms with Crippen LogP contribution in [0.25, 0.3) is 0 Å². The van der Waals surface area contributed by atoms with Crippen LogP contribution in [0.3, 0.4) is 0 Å². The van der Waals surface area contributed by atoms with E-state index < -0.39 is 11.4 Å². The number of likely N-dealkylation sites (tertiary alicyclic amines) is 1. The Morgan fingerprint density at radius 1 is 0.971 bits per heavy atom. The number of carbonyl (C=O) groups excluding carboxylic acids is 3. The van der Waals surface area contributed by atoms with E-state index in [1.54, 1.807) is 45.0 Å². The molecule has 2 aromatic rings. The molecule has 0 saturated carbocycles. The Labute approximate surface area is 198 Å². The van der Waals surface area contributed by atoms with Crippen LogP contribution in [0.2, 0.25) is 0 Å². The molecule has 1 fully saturated rings. The van der Waals surface area contributed by atoms with Crippen LogP contribution in [-0.2, 0) is 4.74 Å². The number of halogens is 1. The van der Waals surface area contributed by atoms with E-state index in [0.717, 1.165) is 0 Å². The number of fused-ring (bicyclic) bond motifs is 1. The molecule has 0 radical (unpaired) electrons. The molecule has 1 saturated heterocycles. The average Bonchev–Trinajstić information content (AvgIpc) is 3.25. The highest BCUT2D eigenvalue weighted by atomic mass is 19.1. The average molecular weight is 469 g/mol. The number of hydrogen-bond donors (Lipinski definition) is 1. The van der Waals surface area contributed by atoms with Gasteiger partial charge in [-0.05, 0) is 57.5 Å². The Bertz CT molecular complexity index is 1100. The van der Waals surface area contributed by atoms with E-state index in [1.807, 2.05) is 20.8 Å². The number of para-hydroxylation sites is 2. The van der Waals surface area contributed by atoms with Crippen molar-refractivity contribution in [1.29, 1.82) is 0 Å². The van der Waals surface area contributed by atoms with Gasteiger partial charge in [0.05, 0.1) is 17.4 Å². The number of amides is 4. The lowest BCUT2D eigenvalue weighted by Gasteiger charge is -2.37. The lowest BCUT2D eigenvalue weighted by atomic mass is 10.1. The Balaban J connectivity index is 1.44. The Hall–Kier alpha value is -3.62. The van der Waals surface area contributed by atoms with Gasteiger partial charge in [-0.15, -0.1) is 0 Å². The van der Waals surface area contributed by atoms with Crippen LogP contribution in [0, 0.1) is 5.82 Å². The monoisotopic (exact) mass is 468 g/mol. The number of nitrogens with zero attached hydrogens (tertiary/aromatic N) is 3. The van der Waals surface area contributed by atoms with Gasteiger partial charge in [-0.25, -0.2) is 14.0 Å². The first-order chi connectivity index (χ1) is 16.1.